The predicted molar refractivity (Wildman–Crippen MR) is 103 cm³/mol. The lowest BCUT2D eigenvalue weighted by atomic mass is 9.73. The monoisotopic (exact) mass is 381 g/mol. The molecule has 0 saturated carbocycles. The maximum Gasteiger partial charge on any atom is 0.314 e. The van der Waals surface area contributed by atoms with E-state index in [2.05, 4.69) is 10.2 Å². The molecular weight excluding hydrogens is 362 g/mol. The van der Waals surface area contributed by atoms with Crippen LogP contribution in [0.15, 0.2) is 53.9 Å². The molecule has 1 aliphatic heterocycles. The number of nitrogens with one attached hydrogen (secondary N) is 1. The molecule has 1 aliphatic rings. The Morgan fingerprint density at radius 1 is 1.11 bits per heavy atom. The summed E-state index contributed by atoms with van der Waals surface area (Å²) < 4.78 is 0. The number of nitrogens with zero attached hydrogens (tertiary/aromatic N) is 2. The number of thiophene rings is 1. The fourth-order valence-electron chi connectivity index (χ4n) is 3.63. The van der Waals surface area contributed by atoms with E-state index in [1.807, 2.05) is 47.8 Å². The van der Waals surface area contributed by atoms with E-state index >= 15 is 0 Å². The van der Waals surface area contributed by atoms with Crippen LogP contribution in [0.2, 0.25) is 0 Å². The summed E-state index contributed by atoms with van der Waals surface area (Å²) in [6.45, 7) is 0.780. The minimum absolute atomic E-state index is 0.166. The molecule has 1 saturated heterocycles. The Morgan fingerprint density at radius 2 is 1.85 bits per heavy atom. The summed E-state index contributed by atoms with van der Waals surface area (Å²) in [5.74, 6) is -0.998. The zero-order chi connectivity index (χ0) is 18.9. The molecule has 1 amide bonds. The molecule has 6 nitrogen and oxygen atoms in total. The molecule has 3 heterocycles. The van der Waals surface area contributed by atoms with E-state index in [1.165, 1.54) is 0 Å². The number of aliphatic carboxylic acids is 1. The molecule has 138 valence electrons. The summed E-state index contributed by atoms with van der Waals surface area (Å²) >= 11 is 1.58. The first kappa shape index (κ1) is 17.5. The van der Waals surface area contributed by atoms with E-state index in [9.17, 15) is 14.7 Å². The van der Waals surface area contributed by atoms with Crippen LogP contribution in [0.5, 0.6) is 0 Å². The first-order chi connectivity index (χ1) is 13.1. The maximum atomic E-state index is 12.8. The average Bonchev–Trinajstić information content (AvgIpc) is 3.39. The number of amides is 1. The first-order valence-corrected chi connectivity index (χ1v) is 9.66. The van der Waals surface area contributed by atoms with Gasteiger partial charge >= 0.3 is 5.97 Å². The second kappa shape index (κ2) is 7.00. The molecule has 0 aliphatic carbocycles. The summed E-state index contributed by atoms with van der Waals surface area (Å²) in [4.78, 5) is 27.6. The number of H-pyrrole nitrogens is 1. The second-order valence-electron chi connectivity index (χ2n) is 6.69. The molecule has 1 fully saturated rings. The molecule has 27 heavy (non-hydrogen) atoms. The van der Waals surface area contributed by atoms with Crippen LogP contribution in [0.1, 0.15) is 28.9 Å². The van der Waals surface area contributed by atoms with Gasteiger partial charge in [0.25, 0.3) is 5.91 Å². The number of hydrogen-bond donors (Lipinski definition) is 2. The standard InChI is InChI=1S/C20H19N3O3S/c24-18(16-13-15(21-22-16)17-7-4-12-27-17)23-10-8-20(9-11-23,19(25)26)14-5-2-1-3-6-14/h1-7,12-13H,8-11H2,(H,21,22)(H,25,26). The van der Waals surface area contributed by atoms with Crippen LogP contribution in [0, 0.1) is 0 Å². The van der Waals surface area contributed by atoms with Crippen LogP contribution >= 0.6 is 11.3 Å². The number of carboxylic acids is 1. The zero-order valence-corrected chi connectivity index (χ0v) is 15.4. The number of carbonyl (C=O) groups excluding carboxylic acids is 1. The lowest BCUT2D eigenvalue weighted by Crippen LogP contribution is -2.49. The van der Waals surface area contributed by atoms with Crippen LogP contribution in [0.4, 0.5) is 0 Å². The van der Waals surface area contributed by atoms with Gasteiger partial charge in [0.15, 0.2) is 5.69 Å². The highest BCUT2D eigenvalue weighted by Gasteiger charge is 2.44. The fraction of sp³-hybridized carbons (Fsp3) is 0.250. The highest BCUT2D eigenvalue weighted by Crippen LogP contribution is 2.36. The lowest BCUT2D eigenvalue weighted by molar-refractivity contribution is -0.145. The summed E-state index contributed by atoms with van der Waals surface area (Å²) in [5.41, 5.74) is 1.03. The first-order valence-electron chi connectivity index (χ1n) is 8.78. The summed E-state index contributed by atoms with van der Waals surface area (Å²) in [6.07, 6.45) is 0.778. The van der Waals surface area contributed by atoms with Crippen molar-refractivity contribution in [2.75, 3.05) is 13.1 Å². The molecule has 1 aromatic carbocycles. The number of piperidine rings is 1. The van der Waals surface area contributed by atoms with Crippen LogP contribution in [-0.4, -0.2) is 45.2 Å². The molecule has 0 bridgehead atoms. The van der Waals surface area contributed by atoms with E-state index in [4.69, 9.17) is 0 Å². The van der Waals surface area contributed by atoms with E-state index in [1.54, 1.807) is 22.3 Å². The van der Waals surface area contributed by atoms with Crippen molar-refractivity contribution in [2.24, 2.45) is 0 Å². The van der Waals surface area contributed by atoms with Crippen molar-refractivity contribution in [3.05, 3.63) is 65.2 Å². The topological polar surface area (TPSA) is 86.3 Å². The van der Waals surface area contributed by atoms with Gasteiger partial charge in [-0.05, 0) is 35.9 Å². The molecule has 2 N–H and O–H groups in total. The van der Waals surface area contributed by atoms with Crippen molar-refractivity contribution in [1.29, 1.82) is 0 Å². The summed E-state index contributed by atoms with van der Waals surface area (Å²) in [5, 5.41) is 18.9. The normalized spacial score (nSPS) is 16.2. The van der Waals surface area contributed by atoms with Gasteiger partial charge in [-0.2, -0.15) is 5.10 Å². The third kappa shape index (κ3) is 3.14. The number of carboxylic acid groups (broad SMARTS) is 1. The highest BCUT2D eigenvalue weighted by molar-refractivity contribution is 7.13. The molecular formula is C20H19N3O3S. The lowest BCUT2D eigenvalue weighted by Gasteiger charge is -2.39. The number of likely N-dealkylation sites (tertiary alicyclic amines) is 1. The molecule has 3 aromatic rings. The summed E-state index contributed by atoms with van der Waals surface area (Å²) in [6, 6.07) is 15.0. The van der Waals surface area contributed by atoms with Crippen LogP contribution < -0.4 is 0 Å². The molecule has 0 spiro atoms. The van der Waals surface area contributed by atoms with Gasteiger partial charge in [-0.25, -0.2) is 0 Å². The van der Waals surface area contributed by atoms with Crippen molar-refractivity contribution in [1.82, 2.24) is 15.1 Å². The van der Waals surface area contributed by atoms with Crippen LogP contribution in [0.3, 0.4) is 0 Å². The Hall–Kier alpha value is -2.93. The Kier molecular flexibility index (Phi) is 4.53. The van der Waals surface area contributed by atoms with Gasteiger partial charge in [0.05, 0.1) is 16.0 Å². The molecule has 7 heteroatoms. The number of aromatic nitrogens is 2. The van der Waals surface area contributed by atoms with E-state index in [-0.39, 0.29) is 5.91 Å². The van der Waals surface area contributed by atoms with Gasteiger partial charge in [-0.3, -0.25) is 14.7 Å². The van der Waals surface area contributed by atoms with Crippen molar-refractivity contribution in [3.63, 3.8) is 0 Å². The molecule has 4 rings (SSSR count). The average molecular weight is 381 g/mol. The molecule has 0 unspecified atom stereocenters. The van der Waals surface area contributed by atoms with Gasteiger partial charge in [-0.1, -0.05) is 36.4 Å². The smallest absolute Gasteiger partial charge is 0.314 e. The number of carbonyl (C=O) groups is 2. The molecule has 0 radical (unpaired) electrons. The Morgan fingerprint density at radius 3 is 2.48 bits per heavy atom. The Labute approximate surface area is 160 Å². The van der Waals surface area contributed by atoms with E-state index in [0.717, 1.165) is 16.1 Å². The van der Waals surface area contributed by atoms with E-state index in [0.29, 0.717) is 31.6 Å². The minimum atomic E-state index is -0.939. The van der Waals surface area contributed by atoms with Crippen LogP contribution in [0.25, 0.3) is 10.6 Å². The summed E-state index contributed by atoms with van der Waals surface area (Å²) in [7, 11) is 0. The number of hydrogen-bond acceptors (Lipinski definition) is 4. The van der Waals surface area contributed by atoms with Gasteiger partial charge in [0.2, 0.25) is 0 Å². The van der Waals surface area contributed by atoms with Gasteiger partial charge in [0.1, 0.15) is 0 Å². The fourth-order valence-corrected chi connectivity index (χ4v) is 4.32. The quantitative estimate of drug-likeness (QED) is 0.725. The number of aromatic amines is 1. The van der Waals surface area contributed by atoms with Crippen LogP contribution in [-0.2, 0) is 10.2 Å². The van der Waals surface area contributed by atoms with Crippen molar-refractivity contribution >= 4 is 23.2 Å². The van der Waals surface area contributed by atoms with Crippen molar-refractivity contribution < 1.29 is 14.7 Å². The minimum Gasteiger partial charge on any atom is -0.481 e. The number of rotatable bonds is 4. The van der Waals surface area contributed by atoms with Gasteiger partial charge < -0.3 is 10.0 Å². The zero-order valence-electron chi connectivity index (χ0n) is 14.6. The number of benzene rings is 1. The van der Waals surface area contributed by atoms with Gasteiger partial charge in [0, 0.05) is 13.1 Å². The molecule has 2 aromatic heterocycles. The Bertz CT molecular complexity index is 942. The van der Waals surface area contributed by atoms with Crippen molar-refractivity contribution in [3.8, 4) is 10.6 Å². The van der Waals surface area contributed by atoms with E-state index < -0.39 is 11.4 Å². The SMILES string of the molecule is O=C(c1cc(-c2cccs2)[nH]n1)N1CCC(C(=O)O)(c2ccccc2)CC1. The Balaban J connectivity index is 1.50. The van der Waals surface area contributed by atoms with Crippen molar-refractivity contribution in [2.45, 2.75) is 18.3 Å². The third-order valence-electron chi connectivity index (χ3n) is 5.22. The third-order valence-corrected chi connectivity index (χ3v) is 6.13. The second-order valence-corrected chi connectivity index (χ2v) is 7.64. The predicted octanol–water partition coefficient (Wildman–Crippen LogP) is 3.40. The largest absolute Gasteiger partial charge is 0.481 e. The highest BCUT2D eigenvalue weighted by atomic mass is 32.1. The van der Waals surface area contributed by atoms with Gasteiger partial charge in [-0.15, -0.1) is 11.3 Å². The maximum absolute atomic E-state index is 12.8. The molecule has 0 atom stereocenters.